The number of hydrogen-bond donors (Lipinski definition) is 1. The Balaban J connectivity index is 1.84. The first-order valence-electron chi connectivity index (χ1n) is 6.70. The number of amides is 2. The molecule has 0 spiro atoms. The summed E-state index contributed by atoms with van der Waals surface area (Å²) in [6.45, 7) is 4.60. The third-order valence-corrected chi connectivity index (χ3v) is 3.42. The smallest absolute Gasteiger partial charge is 0.251 e. The molecule has 0 aromatic heterocycles. The normalized spacial score (nSPS) is 14.0. The Morgan fingerprint density at radius 3 is 2.58 bits per heavy atom. The van der Waals surface area contributed by atoms with Gasteiger partial charge in [0.25, 0.3) is 5.91 Å². The summed E-state index contributed by atoms with van der Waals surface area (Å²) < 4.78 is 0. The second-order valence-electron chi connectivity index (χ2n) is 5.01. The van der Waals surface area contributed by atoms with Gasteiger partial charge in [-0.3, -0.25) is 9.59 Å². The molecular weight excluding hydrogens is 240 g/mol. The van der Waals surface area contributed by atoms with Gasteiger partial charge in [0.2, 0.25) is 5.91 Å². The van der Waals surface area contributed by atoms with Gasteiger partial charge in [-0.05, 0) is 31.4 Å². The SMILES string of the molecule is CC(=O)N(CCNC(=O)c1ccccc1C)C1CC1. The van der Waals surface area contributed by atoms with Crippen LogP contribution >= 0.6 is 0 Å². The molecule has 0 heterocycles. The van der Waals surface area contributed by atoms with Crippen LogP contribution in [0.25, 0.3) is 0 Å². The van der Waals surface area contributed by atoms with E-state index in [0.717, 1.165) is 18.4 Å². The van der Waals surface area contributed by atoms with Crippen molar-refractivity contribution in [2.45, 2.75) is 32.7 Å². The van der Waals surface area contributed by atoms with Crippen LogP contribution in [0.2, 0.25) is 0 Å². The highest BCUT2D eigenvalue weighted by atomic mass is 16.2. The Morgan fingerprint density at radius 2 is 2.00 bits per heavy atom. The molecule has 1 aliphatic carbocycles. The third-order valence-electron chi connectivity index (χ3n) is 3.42. The average molecular weight is 260 g/mol. The molecule has 1 aromatic rings. The summed E-state index contributed by atoms with van der Waals surface area (Å²) in [5.41, 5.74) is 1.66. The highest BCUT2D eigenvalue weighted by Crippen LogP contribution is 2.26. The summed E-state index contributed by atoms with van der Waals surface area (Å²) in [7, 11) is 0. The van der Waals surface area contributed by atoms with Crippen molar-refractivity contribution in [3.05, 3.63) is 35.4 Å². The van der Waals surface area contributed by atoms with Crippen molar-refractivity contribution in [2.75, 3.05) is 13.1 Å². The number of hydrogen-bond acceptors (Lipinski definition) is 2. The molecule has 0 radical (unpaired) electrons. The molecule has 1 N–H and O–H groups in total. The van der Waals surface area contributed by atoms with E-state index < -0.39 is 0 Å². The van der Waals surface area contributed by atoms with E-state index in [9.17, 15) is 9.59 Å². The molecule has 1 saturated carbocycles. The molecule has 1 fully saturated rings. The highest BCUT2D eigenvalue weighted by molar-refractivity contribution is 5.95. The van der Waals surface area contributed by atoms with Crippen LogP contribution in [-0.4, -0.2) is 35.8 Å². The number of carbonyl (C=O) groups excluding carboxylic acids is 2. The van der Waals surface area contributed by atoms with E-state index in [1.165, 1.54) is 0 Å². The predicted octanol–water partition coefficient (Wildman–Crippen LogP) is 1.74. The van der Waals surface area contributed by atoms with Crippen molar-refractivity contribution in [3.63, 3.8) is 0 Å². The van der Waals surface area contributed by atoms with E-state index in [0.29, 0.717) is 24.7 Å². The molecule has 102 valence electrons. The lowest BCUT2D eigenvalue weighted by molar-refractivity contribution is -0.129. The largest absolute Gasteiger partial charge is 0.350 e. The molecular formula is C15H20N2O2. The quantitative estimate of drug-likeness (QED) is 0.876. The molecule has 2 amide bonds. The van der Waals surface area contributed by atoms with Crippen LogP contribution in [0, 0.1) is 6.92 Å². The van der Waals surface area contributed by atoms with Crippen molar-refractivity contribution >= 4 is 11.8 Å². The van der Waals surface area contributed by atoms with E-state index in [1.54, 1.807) is 6.92 Å². The van der Waals surface area contributed by atoms with Crippen LogP contribution in [-0.2, 0) is 4.79 Å². The molecule has 1 aliphatic rings. The zero-order valence-electron chi connectivity index (χ0n) is 11.5. The van der Waals surface area contributed by atoms with Crippen LogP contribution in [0.4, 0.5) is 0 Å². The number of nitrogens with zero attached hydrogens (tertiary/aromatic N) is 1. The lowest BCUT2D eigenvalue weighted by Crippen LogP contribution is -2.38. The summed E-state index contributed by atoms with van der Waals surface area (Å²) in [5, 5.41) is 2.87. The first kappa shape index (κ1) is 13.6. The van der Waals surface area contributed by atoms with Crippen molar-refractivity contribution in [2.24, 2.45) is 0 Å². The molecule has 4 nitrogen and oxygen atoms in total. The number of rotatable bonds is 5. The fourth-order valence-electron chi connectivity index (χ4n) is 2.20. The molecule has 0 unspecified atom stereocenters. The van der Waals surface area contributed by atoms with Gasteiger partial charge in [0, 0.05) is 31.6 Å². The van der Waals surface area contributed by atoms with E-state index >= 15 is 0 Å². The van der Waals surface area contributed by atoms with Gasteiger partial charge in [-0.1, -0.05) is 18.2 Å². The average Bonchev–Trinajstić information content (AvgIpc) is 3.18. The number of nitrogens with one attached hydrogen (secondary N) is 1. The maximum Gasteiger partial charge on any atom is 0.251 e. The van der Waals surface area contributed by atoms with Gasteiger partial charge in [0.05, 0.1) is 0 Å². The molecule has 19 heavy (non-hydrogen) atoms. The molecule has 4 heteroatoms. The topological polar surface area (TPSA) is 49.4 Å². The minimum absolute atomic E-state index is 0.0719. The van der Waals surface area contributed by atoms with Gasteiger partial charge in [-0.15, -0.1) is 0 Å². The monoisotopic (exact) mass is 260 g/mol. The fourth-order valence-corrected chi connectivity index (χ4v) is 2.20. The molecule has 1 aromatic carbocycles. The van der Waals surface area contributed by atoms with Gasteiger partial charge in [0.1, 0.15) is 0 Å². The molecule has 0 bridgehead atoms. The van der Waals surface area contributed by atoms with Crippen LogP contribution in [0.1, 0.15) is 35.7 Å². The van der Waals surface area contributed by atoms with Crippen molar-refractivity contribution in [1.29, 1.82) is 0 Å². The van der Waals surface area contributed by atoms with E-state index in [4.69, 9.17) is 0 Å². The second-order valence-corrected chi connectivity index (χ2v) is 5.01. The van der Waals surface area contributed by atoms with Crippen LogP contribution < -0.4 is 5.32 Å². The van der Waals surface area contributed by atoms with Gasteiger partial charge in [0.15, 0.2) is 0 Å². The minimum atomic E-state index is -0.0719. The molecule has 0 saturated heterocycles. The summed E-state index contributed by atoms with van der Waals surface area (Å²) in [6, 6.07) is 7.90. The fraction of sp³-hybridized carbons (Fsp3) is 0.467. The summed E-state index contributed by atoms with van der Waals surface area (Å²) in [4.78, 5) is 25.3. The Hall–Kier alpha value is -1.84. The van der Waals surface area contributed by atoms with Crippen LogP contribution in [0.3, 0.4) is 0 Å². The Kier molecular flexibility index (Phi) is 4.20. The summed E-state index contributed by atoms with van der Waals surface area (Å²) in [6.07, 6.45) is 2.18. The number of carbonyl (C=O) groups is 2. The summed E-state index contributed by atoms with van der Waals surface area (Å²) >= 11 is 0. The van der Waals surface area contributed by atoms with Crippen LogP contribution in [0.15, 0.2) is 24.3 Å². The van der Waals surface area contributed by atoms with E-state index in [1.807, 2.05) is 36.1 Å². The second kappa shape index (κ2) is 5.87. The third kappa shape index (κ3) is 3.56. The van der Waals surface area contributed by atoms with Gasteiger partial charge >= 0.3 is 0 Å². The summed E-state index contributed by atoms with van der Waals surface area (Å²) in [5.74, 6) is 0.0186. The molecule has 0 atom stereocenters. The number of benzene rings is 1. The highest BCUT2D eigenvalue weighted by Gasteiger charge is 2.30. The Bertz CT molecular complexity index is 481. The minimum Gasteiger partial charge on any atom is -0.350 e. The van der Waals surface area contributed by atoms with Crippen molar-refractivity contribution in [1.82, 2.24) is 10.2 Å². The lowest BCUT2D eigenvalue weighted by atomic mass is 10.1. The van der Waals surface area contributed by atoms with E-state index in [-0.39, 0.29) is 11.8 Å². The van der Waals surface area contributed by atoms with Gasteiger partial charge in [-0.25, -0.2) is 0 Å². The Morgan fingerprint density at radius 1 is 1.32 bits per heavy atom. The van der Waals surface area contributed by atoms with Crippen molar-refractivity contribution in [3.8, 4) is 0 Å². The molecule has 0 aliphatic heterocycles. The standard InChI is InChI=1S/C15H20N2O2/c1-11-5-3-4-6-14(11)15(19)16-9-10-17(12(2)18)13-7-8-13/h3-6,13H,7-10H2,1-2H3,(H,16,19). The van der Waals surface area contributed by atoms with Gasteiger partial charge < -0.3 is 10.2 Å². The lowest BCUT2D eigenvalue weighted by Gasteiger charge is -2.20. The van der Waals surface area contributed by atoms with Crippen molar-refractivity contribution < 1.29 is 9.59 Å². The zero-order valence-corrected chi connectivity index (χ0v) is 11.5. The maximum absolute atomic E-state index is 12.0. The van der Waals surface area contributed by atoms with Crippen LogP contribution in [0.5, 0.6) is 0 Å². The van der Waals surface area contributed by atoms with Gasteiger partial charge in [-0.2, -0.15) is 0 Å². The Labute approximate surface area is 113 Å². The molecule has 2 rings (SSSR count). The first-order valence-corrected chi connectivity index (χ1v) is 6.70. The maximum atomic E-state index is 12.0. The zero-order chi connectivity index (χ0) is 13.8. The van der Waals surface area contributed by atoms with E-state index in [2.05, 4.69) is 5.32 Å². The predicted molar refractivity (Wildman–Crippen MR) is 73.9 cm³/mol. The number of aryl methyl sites for hydroxylation is 1. The first-order chi connectivity index (χ1) is 9.09.